The number of hydrogen-bond donors (Lipinski definition) is 3. The van der Waals surface area contributed by atoms with Crippen LogP contribution in [0, 0.1) is 11.8 Å². The molecule has 0 radical (unpaired) electrons. The smallest absolute Gasteiger partial charge is 0.327 e. The van der Waals surface area contributed by atoms with E-state index in [2.05, 4.69) is 17.9 Å². The number of carbonyl (C=O) groups is 3. The largest absolute Gasteiger partial charge is 0.480 e. The lowest BCUT2D eigenvalue weighted by molar-refractivity contribution is -0.150. The molecule has 6 atom stereocenters. The zero-order valence-corrected chi connectivity index (χ0v) is 16.0. The van der Waals surface area contributed by atoms with E-state index in [0.717, 1.165) is 12.8 Å². The summed E-state index contributed by atoms with van der Waals surface area (Å²) >= 11 is 5.88. The zero-order valence-electron chi connectivity index (χ0n) is 14.3. The highest BCUT2D eigenvalue weighted by Crippen LogP contribution is 2.39. The van der Waals surface area contributed by atoms with Crippen LogP contribution in [0.4, 0.5) is 0 Å². The van der Waals surface area contributed by atoms with E-state index in [1.165, 1.54) is 16.7 Å². The second-order valence-corrected chi connectivity index (χ2v) is 8.48. The number of rotatable bonds is 5. The van der Waals surface area contributed by atoms with Gasteiger partial charge >= 0.3 is 5.97 Å². The molecule has 2 fully saturated rings. The minimum atomic E-state index is -0.982. The first kappa shape index (κ1) is 19.4. The fourth-order valence-electron chi connectivity index (χ4n) is 3.18. The monoisotopic (exact) mass is 374 g/mol. The molecule has 4 unspecified atom stereocenters. The summed E-state index contributed by atoms with van der Waals surface area (Å²) < 4.78 is 0. The molecule has 0 aromatic carbocycles. The lowest BCUT2D eigenvalue weighted by atomic mass is 10.0. The van der Waals surface area contributed by atoms with Crippen molar-refractivity contribution in [1.29, 1.82) is 0 Å². The van der Waals surface area contributed by atoms with Crippen LogP contribution in [-0.2, 0) is 14.4 Å². The Balaban J connectivity index is 2.15. The van der Waals surface area contributed by atoms with E-state index in [-0.39, 0.29) is 29.0 Å². The summed E-state index contributed by atoms with van der Waals surface area (Å²) in [5.74, 6) is -0.805. The van der Waals surface area contributed by atoms with Gasteiger partial charge in [-0.3, -0.25) is 9.59 Å². The predicted octanol–water partition coefficient (Wildman–Crippen LogP) is 1.60. The molecule has 8 heteroatoms. The Morgan fingerprint density at radius 1 is 1.46 bits per heavy atom. The van der Waals surface area contributed by atoms with Gasteiger partial charge in [0.1, 0.15) is 12.1 Å². The number of fused-ring (bicyclic) bond motifs is 1. The second kappa shape index (κ2) is 7.99. The first-order chi connectivity index (χ1) is 11.3. The first-order valence-electron chi connectivity index (χ1n) is 8.42. The third kappa shape index (κ3) is 3.85. The highest BCUT2D eigenvalue weighted by Gasteiger charge is 2.48. The molecule has 0 aromatic heterocycles. The molecule has 2 N–H and O–H groups in total. The molecule has 2 amide bonds. The highest BCUT2D eigenvalue weighted by molar-refractivity contribution is 8.00. The average Bonchev–Trinajstić information content (AvgIpc) is 2.96. The molecule has 136 valence electrons. The van der Waals surface area contributed by atoms with E-state index in [9.17, 15) is 19.5 Å². The molecule has 0 aliphatic carbocycles. The molecular formula is C16H26N2O4S2. The number of carboxylic acid groups (broad SMARTS) is 1. The van der Waals surface area contributed by atoms with Crippen molar-refractivity contribution >= 4 is 42.2 Å². The zero-order chi connectivity index (χ0) is 18.0. The minimum Gasteiger partial charge on any atom is -0.480 e. The third-order valence-electron chi connectivity index (χ3n) is 5.04. The number of aliphatic carboxylic acids is 1. The summed E-state index contributed by atoms with van der Waals surface area (Å²) in [6, 6.07) is -1.47. The Kier molecular flexibility index (Phi) is 6.47. The van der Waals surface area contributed by atoms with Gasteiger partial charge in [0.15, 0.2) is 0 Å². The van der Waals surface area contributed by atoms with Gasteiger partial charge < -0.3 is 15.3 Å². The third-order valence-corrected chi connectivity index (χ3v) is 7.32. The number of thiol groups is 1. The Morgan fingerprint density at radius 2 is 2.12 bits per heavy atom. The van der Waals surface area contributed by atoms with Crippen molar-refractivity contribution in [2.45, 2.75) is 62.7 Å². The van der Waals surface area contributed by atoms with E-state index < -0.39 is 23.3 Å². The molecule has 0 aromatic rings. The second-order valence-electron chi connectivity index (χ2n) is 6.77. The number of nitrogens with zero attached hydrogens (tertiary/aromatic N) is 1. The Hall–Kier alpha value is -0.890. The molecule has 2 aliphatic rings. The SMILES string of the molecule is CC[C@H](C)[C@H](S)C(=O)NC1CCC(C)C2SCC(C(=O)O)N2C1=O. The van der Waals surface area contributed by atoms with Crippen LogP contribution in [0.5, 0.6) is 0 Å². The Bertz CT molecular complexity index is 516. The van der Waals surface area contributed by atoms with Gasteiger partial charge in [0.05, 0.1) is 10.6 Å². The quantitative estimate of drug-likeness (QED) is 0.637. The number of carboxylic acids is 1. The topological polar surface area (TPSA) is 86.7 Å². The molecule has 2 saturated heterocycles. The van der Waals surface area contributed by atoms with Gasteiger partial charge in [0.2, 0.25) is 11.8 Å². The summed E-state index contributed by atoms with van der Waals surface area (Å²) in [6.45, 7) is 5.97. The van der Waals surface area contributed by atoms with Gasteiger partial charge in [0, 0.05) is 5.75 Å². The van der Waals surface area contributed by atoms with Gasteiger partial charge in [0.25, 0.3) is 0 Å². The van der Waals surface area contributed by atoms with Crippen LogP contribution in [-0.4, -0.2) is 56.3 Å². The summed E-state index contributed by atoms with van der Waals surface area (Å²) in [6.07, 6.45) is 2.13. The average molecular weight is 375 g/mol. The van der Waals surface area contributed by atoms with E-state index in [1.807, 2.05) is 20.8 Å². The van der Waals surface area contributed by atoms with E-state index in [1.54, 1.807) is 0 Å². The van der Waals surface area contributed by atoms with E-state index in [0.29, 0.717) is 12.2 Å². The van der Waals surface area contributed by atoms with Crippen LogP contribution in [0.3, 0.4) is 0 Å². The fraction of sp³-hybridized carbons (Fsp3) is 0.812. The molecule has 2 aliphatic heterocycles. The number of hydrogen-bond acceptors (Lipinski definition) is 5. The van der Waals surface area contributed by atoms with Gasteiger partial charge in [-0.1, -0.05) is 27.2 Å². The van der Waals surface area contributed by atoms with Crippen LogP contribution < -0.4 is 5.32 Å². The van der Waals surface area contributed by atoms with Gasteiger partial charge in [-0.25, -0.2) is 4.79 Å². The van der Waals surface area contributed by atoms with Gasteiger partial charge in [-0.2, -0.15) is 12.6 Å². The van der Waals surface area contributed by atoms with Crippen LogP contribution >= 0.6 is 24.4 Å². The summed E-state index contributed by atoms with van der Waals surface area (Å²) in [4.78, 5) is 38.2. The van der Waals surface area contributed by atoms with Crippen molar-refractivity contribution in [3.8, 4) is 0 Å². The van der Waals surface area contributed by atoms with Crippen molar-refractivity contribution in [2.24, 2.45) is 11.8 Å². The maximum Gasteiger partial charge on any atom is 0.327 e. The summed E-state index contributed by atoms with van der Waals surface area (Å²) in [5.41, 5.74) is 0. The fourth-order valence-corrected chi connectivity index (χ4v) is 5.03. The van der Waals surface area contributed by atoms with E-state index in [4.69, 9.17) is 0 Å². The number of amides is 2. The molecule has 6 nitrogen and oxygen atoms in total. The summed E-state index contributed by atoms with van der Waals surface area (Å²) in [7, 11) is 0. The van der Waals surface area contributed by atoms with Crippen LogP contribution in [0.2, 0.25) is 0 Å². The minimum absolute atomic E-state index is 0.106. The maximum atomic E-state index is 12.9. The first-order valence-corrected chi connectivity index (χ1v) is 9.99. The molecule has 2 rings (SSSR count). The number of thioether (sulfide) groups is 1. The Morgan fingerprint density at radius 3 is 2.71 bits per heavy atom. The maximum absolute atomic E-state index is 12.9. The van der Waals surface area contributed by atoms with Crippen molar-refractivity contribution in [3.05, 3.63) is 0 Å². The van der Waals surface area contributed by atoms with Gasteiger partial charge in [-0.15, -0.1) is 11.8 Å². The van der Waals surface area contributed by atoms with Crippen molar-refractivity contribution < 1.29 is 19.5 Å². The van der Waals surface area contributed by atoms with Gasteiger partial charge in [-0.05, 0) is 24.7 Å². The molecule has 0 spiro atoms. The molecular weight excluding hydrogens is 348 g/mol. The molecule has 0 saturated carbocycles. The van der Waals surface area contributed by atoms with Crippen LogP contribution in [0.1, 0.15) is 40.0 Å². The Labute approximate surface area is 152 Å². The molecule has 24 heavy (non-hydrogen) atoms. The number of carbonyl (C=O) groups excluding carboxylic acids is 2. The van der Waals surface area contributed by atoms with Crippen molar-refractivity contribution in [1.82, 2.24) is 10.2 Å². The number of nitrogens with one attached hydrogen (secondary N) is 1. The highest BCUT2D eigenvalue weighted by atomic mass is 32.2. The van der Waals surface area contributed by atoms with Crippen molar-refractivity contribution in [2.75, 3.05) is 5.75 Å². The lowest BCUT2D eigenvalue weighted by Gasteiger charge is -2.30. The summed E-state index contributed by atoms with van der Waals surface area (Å²) in [5, 5.41) is 11.6. The van der Waals surface area contributed by atoms with Crippen molar-refractivity contribution in [3.63, 3.8) is 0 Å². The molecule has 0 bridgehead atoms. The van der Waals surface area contributed by atoms with E-state index >= 15 is 0 Å². The van der Waals surface area contributed by atoms with Crippen LogP contribution in [0.25, 0.3) is 0 Å². The van der Waals surface area contributed by atoms with Crippen LogP contribution in [0.15, 0.2) is 0 Å². The normalized spacial score (nSPS) is 32.7. The molecule has 2 heterocycles. The lowest BCUT2D eigenvalue weighted by Crippen LogP contribution is -2.54. The standard InChI is InChI=1S/C16H26N2O4S2/c1-4-8(2)12(23)13(19)17-10-6-5-9(3)15-18(14(10)20)11(7-24-15)16(21)22/h8-12,15,23H,4-7H2,1-3H3,(H,17,19)(H,21,22)/t8-,9?,10?,11?,12-,15?/m0/s1. The predicted molar refractivity (Wildman–Crippen MR) is 97.1 cm³/mol.